The Morgan fingerprint density at radius 3 is 2.53 bits per heavy atom. The first kappa shape index (κ1) is 12.5. The van der Waals surface area contributed by atoms with E-state index >= 15 is 0 Å². The minimum absolute atomic E-state index is 0.254. The Hall–Kier alpha value is -0.580. The summed E-state index contributed by atoms with van der Waals surface area (Å²) >= 11 is 2.26. The molecule has 0 spiro atoms. The predicted molar refractivity (Wildman–Crippen MR) is 69.2 cm³/mol. The van der Waals surface area contributed by atoms with E-state index in [2.05, 4.69) is 22.6 Å². The molecule has 1 rings (SSSR count). The van der Waals surface area contributed by atoms with Crippen LogP contribution in [-0.2, 0) is 4.79 Å². The quantitative estimate of drug-likeness (QED) is 0.593. The Bertz CT molecular complexity index is 306. The predicted octanol–water partition coefficient (Wildman–Crippen LogP) is 3.43. The molecule has 0 saturated heterocycles. The molecule has 0 bridgehead atoms. The third-order valence-electron chi connectivity index (χ3n) is 2.01. The second kappa shape index (κ2) is 6.82. The Kier molecular flexibility index (Phi) is 5.68. The molecule has 0 aromatic heterocycles. The minimum Gasteiger partial charge on any atom is -0.494 e. The van der Waals surface area contributed by atoms with Crippen molar-refractivity contribution in [1.82, 2.24) is 0 Å². The van der Waals surface area contributed by atoms with Gasteiger partial charge in [0.15, 0.2) is 0 Å². The number of ether oxygens (including phenoxy) is 1. The summed E-state index contributed by atoms with van der Waals surface area (Å²) < 4.78 is 6.73. The van der Waals surface area contributed by atoms with Gasteiger partial charge < -0.3 is 9.53 Å². The Morgan fingerprint density at radius 1 is 1.27 bits per heavy atom. The van der Waals surface area contributed by atoms with Gasteiger partial charge in [0.05, 0.1) is 6.61 Å². The van der Waals surface area contributed by atoms with Crippen molar-refractivity contribution in [3.63, 3.8) is 0 Å². The van der Waals surface area contributed by atoms with Crippen LogP contribution >= 0.6 is 22.6 Å². The summed E-state index contributed by atoms with van der Waals surface area (Å²) in [5.74, 6) is 1.16. The number of rotatable bonds is 6. The molecule has 82 valence electrons. The largest absolute Gasteiger partial charge is 0.494 e. The van der Waals surface area contributed by atoms with Gasteiger partial charge in [0.25, 0.3) is 0 Å². The highest BCUT2D eigenvalue weighted by atomic mass is 127. The molecule has 0 fully saturated rings. The first-order valence-corrected chi connectivity index (χ1v) is 6.14. The lowest BCUT2D eigenvalue weighted by molar-refractivity contribution is -0.117. The van der Waals surface area contributed by atoms with Crippen LogP contribution in [-0.4, -0.2) is 12.4 Å². The second-order valence-corrected chi connectivity index (χ2v) is 4.71. The fourth-order valence-electron chi connectivity index (χ4n) is 1.20. The highest BCUT2D eigenvalue weighted by molar-refractivity contribution is 14.1. The van der Waals surface area contributed by atoms with Gasteiger partial charge in [-0.1, -0.05) is 0 Å². The fourth-order valence-corrected chi connectivity index (χ4v) is 1.56. The van der Waals surface area contributed by atoms with Gasteiger partial charge in [0, 0.05) is 9.99 Å². The molecule has 0 amide bonds. The van der Waals surface area contributed by atoms with E-state index in [1.54, 1.807) is 6.92 Å². The van der Waals surface area contributed by atoms with Crippen molar-refractivity contribution in [3.05, 3.63) is 27.8 Å². The Labute approximate surface area is 104 Å². The van der Waals surface area contributed by atoms with E-state index in [1.165, 1.54) is 3.57 Å². The lowest BCUT2D eigenvalue weighted by Gasteiger charge is -2.05. The Balaban J connectivity index is 2.15. The monoisotopic (exact) mass is 318 g/mol. The van der Waals surface area contributed by atoms with Crippen LogP contribution in [0.15, 0.2) is 24.3 Å². The average molecular weight is 318 g/mol. The number of ketones is 1. The molecule has 0 radical (unpaired) electrons. The van der Waals surface area contributed by atoms with Gasteiger partial charge >= 0.3 is 0 Å². The van der Waals surface area contributed by atoms with Crippen molar-refractivity contribution in [2.24, 2.45) is 0 Å². The fraction of sp³-hybridized carbons (Fsp3) is 0.417. The second-order valence-electron chi connectivity index (χ2n) is 3.46. The van der Waals surface area contributed by atoms with Gasteiger partial charge in [-0.3, -0.25) is 0 Å². The molecule has 0 aliphatic carbocycles. The lowest BCUT2D eigenvalue weighted by atomic mass is 10.2. The normalized spacial score (nSPS) is 10.0. The van der Waals surface area contributed by atoms with Crippen molar-refractivity contribution in [2.45, 2.75) is 26.2 Å². The topological polar surface area (TPSA) is 26.3 Å². The zero-order chi connectivity index (χ0) is 11.1. The van der Waals surface area contributed by atoms with Crippen LogP contribution in [0, 0.1) is 3.57 Å². The van der Waals surface area contributed by atoms with Crippen LogP contribution in [0.5, 0.6) is 5.75 Å². The zero-order valence-electron chi connectivity index (χ0n) is 8.83. The van der Waals surface area contributed by atoms with Gasteiger partial charge in [0.1, 0.15) is 11.5 Å². The molecule has 0 heterocycles. The van der Waals surface area contributed by atoms with Crippen molar-refractivity contribution < 1.29 is 9.53 Å². The first-order valence-electron chi connectivity index (χ1n) is 5.06. The summed E-state index contributed by atoms with van der Waals surface area (Å²) in [6.45, 7) is 2.31. The summed E-state index contributed by atoms with van der Waals surface area (Å²) in [7, 11) is 0. The smallest absolute Gasteiger partial charge is 0.129 e. The molecule has 0 N–H and O–H groups in total. The summed E-state index contributed by atoms with van der Waals surface area (Å²) in [5, 5.41) is 0. The van der Waals surface area contributed by atoms with E-state index in [9.17, 15) is 4.79 Å². The molecule has 1 aromatic carbocycles. The van der Waals surface area contributed by atoms with Crippen molar-refractivity contribution in [1.29, 1.82) is 0 Å². The summed E-state index contributed by atoms with van der Waals surface area (Å²) in [4.78, 5) is 10.7. The highest BCUT2D eigenvalue weighted by Crippen LogP contribution is 2.13. The van der Waals surface area contributed by atoms with Crippen molar-refractivity contribution in [3.8, 4) is 5.75 Å². The van der Waals surface area contributed by atoms with Gasteiger partial charge in [-0.05, 0) is 66.6 Å². The van der Waals surface area contributed by atoms with Crippen molar-refractivity contribution >= 4 is 28.4 Å². The molecule has 0 unspecified atom stereocenters. The van der Waals surface area contributed by atoms with Crippen LogP contribution in [0.25, 0.3) is 0 Å². The minimum atomic E-state index is 0.254. The number of hydrogen-bond donors (Lipinski definition) is 0. The van der Waals surface area contributed by atoms with Crippen molar-refractivity contribution in [2.75, 3.05) is 6.61 Å². The molecular weight excluding hydrogens is 303 g/mol. The number of carbonyl (C=O) groups is 1. The maximum Gasteiger partial charge on any atom is 0.129 e. The standard InChI is InChI=1S/C12H15IO2/c1-10(14)4-2-3-9-15-12-7-5-11(13)6-8-12/h5-8H,2-4,9H2,1H3. The number of benzene rings is 1. The van der Waals surface area contributed by atoms with Crippen LogP contribution < -0.4 is 4.74 Å². The lowest BCUT2D eigenvalue weighted by Crippen LogP contribution is -1.98. The number of carbonyl (C=O) groups excluding carboxylic acids is 1. The molecular formula is C12H15IO2. The van der Waals surface area contributed by atoms with Crippen LogP contribution in [0.4, 0.5) is 0 Å². The van der Waals surface area contributed by atoms with Gasteiger partial charge in [-0.25, -0.2) is 0 Å². The van der Waals surface area contributed by atoms with Crippen LogP contribution in [0.2, 0.25) is 0 Å². The van der Waals surface area contributed by atoms with E-state index in [0.29, 0.717) is 13.0 Å². The maximum absolute atomic E-state index is 10.7. The Morgan fingerprint density at radius 2 is 1.93 bits per heavy atom. The van der Waals surface area contributed by atoms with Gasteiger partial charge in [0.2, 0.25) is 0 Å². The average Bonchev–Trinajstić information content (AvgIpc) is 2.20. The van der Waals surface area contributed by atoms with E-state index in [0.717, 1.165) is 18.6 Å². The highest BCUT2D eigenvalue weighted by Gasteiger charge is 1.95. The molecule has 3 heteroatoms. The van der Waals surface area contributed by atoms with Crippen LogP contribution in [0.1, 0.15) is 26.2 Å². The number of halogens is 1. The summed E-state index contributed by atoms with van der Waals surface area (Å²) in [5.41, 5.74) is 0. The molecule has 2 nitrogen and oxygen atoms in total. The van der Waals surface area contributed by atoms with Gasteiger partial charge in [-0.2, -0.15) is 0 Å². The van der Waals surface area contributed by atoms with E-state index in [4.69, 9.17) is 4.74 Å². The molecule has 0 aliphatic heterocycles. The molecule has 1 aromatic rings. The first-order chi connectivity index (χ1) is 7.18. The molecule has 0 atom stereocenters. The third-order valence-corrected chi connectivity index (χ3v) is 2.72. The number of unbranched alkanes of at least 4 members (excludes halogenated alkanes) is 1. The third kappa shape index (κ3) is 5.77. The summed E-state index contributed by atoms with van der Waals surface area (Å²) in [6.07, 6.45) is 2.52. The number of Topliss-reactive ketones (excluding diaryl/α,β-unsaturated/α-hetero) is 1. The summed E-state index contributed by atoms with van der Waals surface area (Å²) in [6, 6.07) is 7.97. The van der Waals surface area contributed by atoms with E-state index in [-0.39, 0.29) is 5.78 Å². The molecule has 15 heavy (non-hydrogen) atoms. The SMILES string of the molecule is CC(=O)CCCCOc1ccc(I)cc1. The van der Waals surface area contributed by atoms with Gasteiger partial charge in [-0.15, -0.1) is 0 Å². The molecule has 0 aliphatic rings. The van der Waals surface area contributed by atoms with E-state index < -0.39 is 0 Å². The number of hydrogen-bond acceptors (Lipinski definition) is 2. The maximum atomic E-state index is 10.7. The van der Waals surface area contributed by atoms with E-state index in [1.807, 2.05) is 24.3 Å². The zero-order valence-corrected chi connectivity index (χ0v) is 11.0. The van der Waals surface area contributed by atoms with Crippen LogP contribution in [0.3, 0.4) is 0 Å². The molecule has 0 saturated carbocycles.